The van der Waals surface area contributed by atoms with Crippen molar-refractivity contribution >= 4 is 10.8 Å². The Hall–Kier alpha value is 0.0700. The van der Waals surface area contributed by atoms with E-state index in [1.54, 1.807) is 0 Å². The van der Waals surface area contributed by atoms with Gasteiger partial charge in [0.25, 0.3) is 0 Å². The Morgan fingerprint density at radius 3 is 2.54 bits per heavy atom. The molecule has 78 valence electrons. The minimum absolute atomic E-state index is 0.638. The van der Waals surface area contributed by atoms with Crippen molar-refractivity contribution < 1.29 is 4.21 Å². The number of hydrogen-bond donors (Lipinski definition) is 1. The van der Waals surface area contributed by atoms with Crippen LogP contribution in [0.5, 0.6) is 0 Å². The highest BCUT2D eigenvalue weighted by molar-refractivity contribution is 7.84. The Bertz CT molecular complexity index is 158. The molecule has 0 saturated carbocycles. The van der Waals surface area contributed by atoms with Crippen LogP contribution in [0.15, 0.2) is 0 Å². The highest BCUT2D eigenvalue weighted by atomic mass is 32.2. The van der Waals surface area contributed by atoms with Crippen molar-refractivity contribution in [1.29, 1.82) is 0 Å². The molecule has 0 spiro atoms. The third kappa shape index (κ3) is 4.74. The third-order valence-corrected chi connectivity index (χ3v) is 3.79. The standard InChI is InChI=1S/C9H20N2OS/c10-4-3-8-13(12)9-7-11-5-1-2-6-11/h1-10H2. The summed E-state index contributed by atoms with van der Waals surface area (Å²) in [4.78, 5) is 2.40. The van der Waals surface area contributed by atoms with Gasteiger partial charge in [0.15, 0.2) is 0 Å². The molecule has 1 aliphatic rings. The molecule has 1 aliphatic heterocycles. The maximum Gasteiger partial charge on any atom is 0.0362 e. The fraction of sp³-hybridized carbons (Fsp3) is 1.00. The summed E-state index contributed by atoms with van der Waals surface area (Å²) >= 11 is 0. The average Bonchev–Trinajstić information content (AvgIpc) is 2.64. The first kappa shape index (κ1) is 11.1. The van der Waals surface area contributed by atoms with Crippen molar-refractivity contribution in [3.8, 4) is 0 Å². The van der Waals surface area contributed by atoms with E-state index in [1.165, 1.54) is 25.9 Å². The maximum atomic E-state index is 11.4. The molecule has 0 radical (unpaired) electrons. The monoisotopic (exact) mass is 204 g/mol. The molecule has 1 rings (SSSR count). The van der Waals surface area contributed by atoms with Gasteiger partial charge in [0.2, 0.25) is 0 Å². The zero-order valence-corrected chi connectivity index (χ0v) is 9.02. The second-order valence-electron chi connectivity index (χ2n) is 3.54. The minimum atomic E-state index is -0.638. The first-order chi connectivity index (χ1) is 6.33. The molecule has 4 heteroatoms. The molecular formula is C9H20N2OS. The average molecular weight is 204 g/mol. The molecule has 3 nitrogen and oxygen atoms in total. The number of nitrogens with two attached hydrogens (primary N) is 1. The number of nitrogens with zero attached hydrogens (tertiary/aromatic N) is 1. The lowest BCUT2D eigenvalue weighted by Crippen LogP contribution is -2.25. The molecule has 1 heterocycles. The second-order valence-corrected chi connectivity index (χ2v) is 5.24. The fourth-order valence-electron chi connectivity index (χ4n) is 1.58. The van der Waals surface area contributed by atoms with Crippen molar-refractivity contribution in [1.82, 2.24) is 4.90 Å². The molecule has 1 saturated heterocycles. The van der Waals surface area contributed by atoms with Crippen LogP contribution in [0.1, 0.15) is 19.3 Å². The Morgan fingerprint density at radius 1 is 1.23 bits per heavy atom. The number of rotatable bonds is 6. The molecule has 1 fully saturated rings. The molecule has 0 aromatic carbocycles. The molecule has 1 atom stereocenters. The van der Waals surface area contributed by atoms with Crippen LogP contribution in [0, 0.1) is 0 Å². The van der Waals surface area contributed by atoms with Crippen molar-refractivity contribution in [3.63, 3.8) is 0 Å². The summed E-state index contributed by atoms with van der Waals surface area (Å²) in [5.41, 5.74) is 5.35. The Kier molecular flexibility index (Phi) is 5.58. The van der Waals surface area contributed by atoms with E-state index in [9.17, 15) is 4.21 Å². The van der Waals surface area contributed by atoms with Crippen LogP contribution in [-0.4, -0.2) is 46.8 Å². The topological polar surface area (TPSA) is 46.3 Å². The van der Waals surface area contributed by atoms with Gasteiger partial charge in [-0.15, -0.1) is 0 Å². The van der Waals surface area contributed by atoms with Gasteiger partial charge in [0.05, 0.1) is 0 Å². The van der Waals surface area contributed by atoms with E-state index in [2.05, 4.69) is 4.90 Å². The van der Waals surface area contributed by atoms with Crippen LogP contribution in [0.2, 0.25) is 0 Å². The smallest absolute Gasteiger partial charge is 0.0362 e. The van der Waals surface area contributed by atoms with E-state index in [1.807, 2.05) is 0 Å². The van der Waals surface area contributed by atoms with Crippen molar-refractivity contribution in [3.05, 3.63) is 0 Å². The highest BCUT2D eigenvalue weighted by Gasteiger charge is 2.11. The Balaban J connectivity index is 2.00. The summed E-state index contributed by atoms with van der Waals surface area (Å²) in [5.74, 6) is 1.62. The lowest BCUT2D eigenvalue weighted by Gasteiger charge is -2.13. The number of hydrogen-bond acceptors (Lipinski definition) is 3. The molecule has 0 aliphatic carbocycles. The third-order valence-electron chi connectivity index (χ3n) is 2.41. The van der Waals surface area contributed by atoms with Crippen LogP contribution in [-0.2, 0) is 10.8 Å². The molecule has 0 bridgehead atoms. The number of likely N-dealkylation sites (tertiary alicyclic amines) is 1. The summed E-state index contributed by atoms with van der Waals surface area (Å²) in [7, 11) is -0.638. The summed E-state index contributed by atoms with van der Waals surface area (Å²) in [6.45, 7) is 4.08. The van der Waals surface area contributed by atoms with Gasteiger partial charge in [-0.25, -0.2) is 0 Å². The van der Waals surface area contributed by atoms with Gasteiger partial charge in [-0.2, -0.15) is 0 Å². The maximum absolute atomic E-state index is 11.4. The molecule has 1 unspecified atom stereocenters. The summed E-state index contributed by atoms with van der Waals surface area (Å²) < 4.78 is 11.4. The van der Waals surface area contributed by atoms with Crippen LogP contribution in [0.3, 0.4) is 0 Å². The van der Waals surface area contributed by atoms with E-state index < -0.39 is 10.8 Å². The van der Waals surface area contributed by atoms with Gasteiger partial charge in [-0.3, -0.25) is 4.21 Å². The molecule has 2 N–H and O–H groups in total. The molecule has 0 aromatic rings. The van der Waals surface area contributed by atoms with Gasteiger partial charge >= 0.3 is 0 Å². The quantitative estimate of drug-likeness (QED) is 0.671. The summed E-state index contributed by atoms with van der Waals surface area (Å²) in [6, 6.07) is 0. The largest absolute Gasteiger partial charge is 0.330 e. The van der Waals surface area contributed by atoms with E-state index in [0.29, 0.717) is 6.54 Å². The zero-order chi connectivity index (χ0) is 9.52. The van der Waals surface area contributed by atoms with E-state index in [0.717, 1.165) is 24.5 Å². The summed E-state index contributed by atoms with van der Waals surface area (Å²) in [5, 5.41) is 0. The Morgan fingerprint density at radius 2 is 1.92 bits per heavy atom. The van der Waals surface area contributed by atoms with Crippen LogP contribution in [0.4, 0.5) is 0 Å². The van der Waals surface area contributed by atoms with E-state index in [4.69, 9.17) is 5.73 Å². The normalized spacial score (nSPS) is 20.7. The van der Waals surface area contributed by atoms with Gasteiger partial charge in [0.1, 0.15) is 0 Å². The molecule has 0 aromatic heterocycles. The van der Waals surface area contributed by atoms with Gasteiger partial charge < -0.3 is 10.6 Å². The van der Waals surface area contributed by atoms with E-state index >= 15 is 0 Å². The highest BCUT2D eigenvalue weighted by Crippen LogP contribution is 2.06. The SMILES string of the molecule is NCCCS(=O)CCN1CCCC1. The second kappa shape index (κ2) is 6.51. The molecule has 0 amide bonds. The first-order valence-corrected chi connectivity index (χ1v) is 6.59. The predicted octanol–water partition coefficient (Wildman–Crippen LogP) is 0.180. The van der Waals surface area contributed by atoms with Gasteiger partial charge in [-0.05, 0) is 38.9 Å². The van der Waals surface area contributed by atoms with Crippen LogP contribution < -0.4 is 5.73 Å². The van der Waals surface area contributed by atoms with E-state index in [-0.39, 0.29) is 0 Å². The lowest BCUT2D eigenvalue weighted by molar-refractivity contribution is 0.361. The van der Waals surface area contributed by atoms with Crippen molar-refractivity contribution in [2.45, 2.75) is 19.3 Å². The lowest BCUT2D eigenvalue weighted by atomic mass is 10.4. The van der Waals surface area contributed by atoms with Gasteiger partial charge in [-0.1, -0.05) is 0 Å². The first-order valence-electron chi connectivity index (χ1n) is 5.10. The zero-order valence-electron chi connectivity index (χ0n) is 8.21. The fourth-order valence-corrected chi connectivity index (χ4v) is 2.74. The van der Waals surface area contributed by atoms with Crippen molar-refractivity contribution in [2.24, 2.45) is 5.73 Å². The van der Waals surface area contributed by atoms with Crippen molar-refractivity contribution in [2.75, 3.05) is 37.7 Å². The molecular weight excluding hydrogens is 184 g/mol. The van der Waals surface area contributed by atoms with Crippen LogP contribution in [0.25, 0.3) is 0 Å². The minimum Gasteiger partial charge on any atom is -0.330 e. The van der Waals surface area contributed by atoms with Crippen LogP contribution >= 0.6 is 0 Å². The predicted molar refractivity (Wildman–Crippen MR) is 57.2 cm³/mol. The Labute approximate surface area is 83.1 Å². The molecule has 13 heavy (non-hydrogen) atoms. The summed E-state index contributed by atoms with van der Waals surface area (Å²) in [6.07, 6.45) is 3.53. The van der Waals surface area contributed by atoms with Gasteiger partial charge in [0, 0.05) is 28.9 Å².